The monoisotopic (exact) mass is 465 g/mol. The van der Waals surface area contributed by atoms with Crippen molar-refractivity contribution in [3.05, 3.63) is 81.1 Å². The highest BCUT2D eigenvalue weighted by molar-refractivity contribution is 7.99. The molecule has 0 radical (unpaired) electrons. The second kappa shape index (κ2) is 9.30. The number of hydrogen-bond donors (Lipinski definition) is 1. The zero-order chi connectivity index (χ0) is 22.8. The molecule has 0 saturated heterocycles. The number of carbonyl (C=O) groups is 1. The van der Waals surface area contributed by atoms with Gasteiger partial charge in [-0.05, 0) is 62.1 Å². The van der Waals surface area contributed by atoms with Crippen molar-refractivity contribution in [2.24, 2.45) is 0 Å². The van der Waals surface area contributed by atoms with E-state index < -0.39 is 0 Å². The smallest absolute Gasteiger partial charge is 0.253 e. The molecule has 6 nitrogen and oxygen atoms in total. The van der Waals surface area contributed by atoms with Gasteiger partial charge in [-0.3, -0.25) is 4.79 Å². The summed E-state index contributed by atoms with van der Waals surface area (Å²) in [5.74, 6) is 0.651. The van der Waals surface area contributed by atoms with E-state index in [0.29, 0.717) is 17.4 Å². The average Bonchev–Trinajstić information content (AvgIpc) is 3.17. The van der Waals surface area contributed by atoms with Crippen molar-refractivity contribution in [1.82, 2.24) is 19.6 Å². The van der Waals surface area contributed by atoms with Gasteiger partial charge in [0.25, 0.3) is 5.78 Å². The molecule has 0 aliphatic heterocycles. The Hall–Kier alpha value is -2.90. The number of nitrogens with zero attached hydrogens (tertiary/aromatic N) is 4. The topological polar surface area (TPSA) is 72.2 Å². The lowest BCUT2D eigenvalue weighted by Crippen LogP contribution is -2.15. The zero-order valence-electron chi connectivity index (χ0n) is 18.4. The number of aromatic nitrogens is 4. The lowest BCUT2D eigenvalue weighted by Gasteiger charge is -2.11. The number of thioether (sulfide) groups is 1. The van der Waals surface area contributed by atoms with Crippen LogP contribution in [0.5, 0.6) is 0 Å². The van der Waals surface area contributed by atoms with E-state index in [1.807, 2.05) is 70.2 Å². The van der Waals surface area contributed by atoms with E-state index in [9.17, 15) is 4.79 Å². The number of nitrogens with one attached hydrogen (secondary N) is 1. The van der Waals surface area contributed by atoms with Crippen molar-refractivity contribution in [3.63, 3.8) is 0 Å². The number of rotatable bonds is 6. The second-order valence-electron chi connectivity index (χ2n) is 7.72. The lowest BCUT2D eigenvalue weighted by atomic mass is 10.0. The molecule has 0 bridgehead atoms. The molecule has 0 atom stereocenters. The first-order chi connectivity index (χ1) is 15.3. The third kappa shape index (κ3) is 4.64. The Kier molecular flexibility index (Phi) is 6.48. The fraction of sp³-hybridized carbons (Fsp3) is 0.250. The standard InChI is InChI=1S/C24H24ClN5OS/c1-14-8-7-11-21(15(14)2)27-22(31)13-32-24-28-23-26-16(3)19(17(4)30(23)29-24)12-18-9-5-6-10-20(18)25/h5-11H,12-13H2,1-4H3,(H,27,31). The van der Waals surface area contributed by atoms with Crippen LogP contribution in [0.25, 0.3) is 5.78 Å². The van der Waals surface area contributed by atoms with Gasteiger partial charge in [0, 0.05) is 28.5 Å². The third-order valence-electron chi connectivity index (χ3n) is 5.57. The Balaban J connectivity index is 1.51. The molecule has 2 aromatic heterocycles. The number of fused-ring (bicyclic) bond motifs is 1. The summed E-state index contributed by atoms with van der Waals surface area (Å²) in [7, 11) is 0. The molecule has 1 amide bonds. The van der Waals surface area contributed by atoms with Crippen LogP contribution in [-0.4, -0.2) is 31.2 Å². The first-order valence-corrected chi connectivity index (χ1v) is 11.6. The number of halogens is 1. The van der Waals surface area contributed by atoms with Crippen LogP contribution in [0.4, 0.5) is 5.69 Å². The van der Waals surface area contributed by atoms with Gasteiger partial charge in [-0.1, -0.05) is 53.7 Å². The maximum Gasteiger partial charge on any atom is 0.253 e. The second-order valence-corrected chi connectivity index (χ2v) is 9.07. The molecule has 0 saturated carbocycles. The number of hydrogen-bond acceptors (Lipinski definition) is 5. The van der Waals surface area contributed by atoms with Crippen LogP contribution in [0.2, 0.25) is 5.02 Å². The summed E-state index contributed by atoms with van der Waals surface area (Å²) >= 11 is 7.65. The first kappa shape index (κ1) is 22.3. The molecular weight excluding hydrogens is 442 g/mol. The predicted octanol–water partition coefficient (Wildman–Crippen LogP) is 5.33. The van der Waals surface area contributed by atoms with Crippen LogP contribution in [0.15, 0.2) is 47.6 Å². The van der Waals surface area contributed by atoms with E-state index in [1.54, 1.807) is 4.52 Å². The molecule has 1 N–H and O–H groups in total. The van der Waals surface area contributed by atoms with Crippen molar-refractivity contribution < 1.29 is 4.79 Å². The van der Waals surface area contributed by atoms with Crippen molar-refractivity contribution in [2.75, 3.05) is 11.1 Å². The summed E-state index contributed by atoms with van der Waals surface area (Å²) in [5, 5.41) is 8.80. The molecule has 0 aliphatic carbocycles. The molecule has 0 fully saturated rings. The molecule has 164 valence electrons. The van der Waals surface area contributed by atoms with Gasteiger partial charge in [-0.2, -0.15) is 4.98 Å². The summed E-state index contributed by atoms with van der Waals surface area (Å²) < 4.78 is 1.74. The van der Waals surface area contributed by atoms with Crippen LogP contribution < -0.4 is 5.32 Å². The zero-order valence-corrected chi connectivity index (χ0v) is 20.0. The van der Waals surface area contributed by atoms with E-state index in [-0.39, 0.29) is 11.7 Å². The molecule has 2 aromatic carbocycles. The van der Waals surface area contributed by atoms with Gasteiger partial charge in [-0.15, -0.1) is 5.10 Å². The van der Waals surface area contributed by atoms with E-state index in [4.69, 9.17) is 11.6 Å². The van der Waals surface area contributed by atoms with Gasteiger partial charge in [0.1, 0.15) is 0 Å². The summed E-state index contributed by atoms with van der Waals surface area (Å²) in [6, 6.07) is 13.7. The molecule has 4 aromatic rings. The van der Waals surface area contributed by atoms with Gasteiger partial charge in [0.15, 0.2) is 0 Å². The van der Waals surface area contributed by atoms with Gasteiger partial charge in [0.05, 0.1) is 5.75 Å². The minimum absolute atomic E-state index is 0.0946. The van der Waals surface area contributed by atoms with Gasteiger partial charge in [0.2, 0.25) is 11.1 Å². The largest absolute Gasteiger partial charge is 0.325 e. The Bertz CT molecular complexity index is 1320. The number of carbonyl (C=O) groups excluding carboxylic acids is 1. The van der Waals surface area contributed by atoms with Crippen LogP contribution in [-0.2, 0) is 11.2 Å². The van der Waals surface area contributed by atoms with E-state index in [2.05, 4.69) is 20.4 Å². The van der Waals surface area contributed by atoms with Crippen molar-refractivity contribution in [3.8, 4) is 0 Å². The van der Waals surface area contributed by atoms with Crippen LogP contribution in [0.3, 0.4) is 0 Å². The third-order valence-corrected chi connectivity index (χ3v) is 6.77. The Morgan fingerprint density at radius 3 is 2.62 bits per heavy atom. The van der Waals surface area contributed by atoms with Crippen molar-refractivity contribution in [2.45, 2.75) is 39.3 Å². The molecule has 0 spiro atoms. The van der Waals surface area contributed by atoms with E-state index in [1.165, 1.54) is 11.8 Å². The first-order valence-electron chi connectivity index (χ1n) is 10.3. The summed E-state index contributed by atoms with van der Waals surface area (Å²) in [4.78, 5) is 21.6. The number of benzene rings is 2. The number of aryl methyl sites for hydroxylation is 3. The summed E-state index contributed by atoms with van der Waals surface area (Å²) in [6.07, 6.45) is 0.668. The predicted molar refractivity (Wildman–Crippen MR) is 130 cm³/mol. The molecular formula is C24H24ClN5OS. The molecule has 0 unspecified atom stereocenters. The highest BCUT2D eigenvalue weighted by atomic mass is 35.5. The lowest BCUT2D eigenvalue weighted by molar-refractivity contribution is -0.113. The Morgan fingerprint density at radius 1 is 1.06 bits per heavy atom. The fourth-order valence-electron chi connectivity index (χ4n) is 3.54. The molecule has 4 rings (SSSR count). The fourth-order valence-corrected chi connectivity index (χ4v) is 4.36. The van der Waals surface area contributed by atoms with Crippen LogP contribution in [0, 0.1) is 27.7 Å². The van der Waals surface area contributed by atoms with Crippen LogP contribution >= 0.6 is 23.4 Å². The average molecular weight is 466 g/mol. The minimum Gasteiger partial charge on any atom is -0.325 e. The molecule has 8 heteroatoms. The minimum atomic E-state index is -0.0946. The normalized spacial score (nSPS) is 11.2. The molecule has 2 heterocycles. The highest BCUT2D eigenvalue weighted by Gasteiger charge is 2.16. The summed E-state index contributed by atoms with van der Waals surface area (Å²) in [6.45, 7) is 8.00. The summed E-state index contributed by atoms with van der Waals surface area (Å²) in [5.41, 5.74) is 7.01. The van der Waals surface area contributed by atoms with Crippen molar-refractivity contribution in [1.29, 1.82) is 0 Å². The Labute approximate surface area is 196 Å². The van der Waals surface area contributed by atoms with E-state index >= 15 is 0 Å². The SMILES string of the molecule is Cc1cccc(NC(=O)CSc2nc3nc(C)c(Cc4ccccc4Cl)c(C)n3n2)c1C. The van der Waals surface area contributed by atoms with Gasteiger partial charge >= 0.3 is 0 Å². The maximum atomic E-state index is 12.5. The van der Waals surface area contributed by atoms with E-state index in [0.717, 1.165) is 44.4 Å². The highest BCUT2D eigenvalue weighted by Crippen LogP contribution is 2.24. The molecule has 32 heavy (non-hydrogen) atoms. The van der Waals surface area contributed by atoms with Gasteiger partial charge in [-0.25, -0.2) is 9.50 Å². The van der Waals surface area contributed by atoms with Gasteiger partial charge < -0.3 is 5.32 Å². The van der Waals surface area contributed by atoms with Crippen molar-refractivity contribution >= 4 is 40.7 Å². The maximum absolute atomic E-state index is 12.5. The Morgan fingerprint density at radius 2 is 1.84 bits per heavy atom. The number of amides is 1. The van der Waals surface area contributed by atoms with Crippen LogP contribution in [0.1, 0.15) is 33.6 Å². The number of anilines is 1. The quantitative estimate of drug-likeness (QED) is 0.389. The molecule has 0 aliphatic rings.